The van der Waals surface area contributed by atoms with Gasteiger partial charge in [0.05, 0.1) is 0 Å². The number of benzene rings is 8. The van der Waals surface area contributed by atoms with E-state index >= 15 is 0 Å². The fourth-order valence-corrected chi connectivity index (χ4v) is 75.7. The van der Waals surface area contributed by atoms with E-state index in [2.05, 4.69) is 118 Å². The summed E-state index contributed by atoms with van der Waals surface area (Å²) in [4.78, 5) is 0. The van der Waals surface area contributed by atoms with Crippen LogP contribution >= 0.6 is 0 Å². The summed E-state index contributed by atoms with van der Waals surface area (Å²) in [5.74, 6) is 0. The number of fused-ring (bicyclic) bond motifs is 4. The van der Waals surface area contributed by atoms with Crippen LogP contribution in [0.25, 0.3) is 0 Å². The Kier molecular flexibility index (Phi) is 24.7. The summed E-state index contributed by atoms with van der Waals surface area (Å²) in [5, 5.41) is 4.46. The highest BCUT2D eigenvalue weighted by atomic mass is 28.6. The normalized spacial score (nSPS) is 27.0. The molecule has 29 heteroatoms. The van der Waals surface area contributed by atoms with Crippen molar-refractivity contribution in [1.29, 1.82) is 0 Å². The third kappa shape index (κ3) is 18.9. The predicted octanol–water partition coefficient (Wildman–Crippen LogP) is 12.6. The number of rotatable bonds is 21. The van der Waals surface area contributed by atoms with Crippen LogP contribution in [0.4, 0.5) is 0 Å². The van der Waals surface area contributed by atoms with E-state index in [1.165, 1.54) is 12.5 Å². The van der Waals surface area contributed by atoms with Crippen molar-refractivity contribution in [2.45, 2.75) is 132 Å². The summed E-state index contributed by atoms with van der Waals surface area (Å²) in [7, 11) is -54.8. The first-order chi connectivity index (χ1) is 46.1. The minimum Gasteiger partial charge on any atom is -0.453 e. The van der Waals surface area contributed by atoms with Crippen molar-refractivity contribution in [3.8, 4) is 0 Å². The molecular weight excluding hydrogens is 1470 g/mol. The van der Waals surface area contributed by atoms with Gasteiger partial charge in [-0.25, -0.2) is 0 Å². The van der Waals surface area contributed by atoms with Crippen LogP contribution in [0.1, 0.15) is 20.8 Å². The van der Waals surface area contributed by atoms with Gasteiger partial charge < -0.3 is 61.7 Å². The van der Waals surface area contributed by atoms with Crippen molar-refractivity contribution in [2.24, 2.45) is 0 Å². The van der Waals surface area contributed by atoms with Gasteiger partial charge in [-0.15, -0.1) is 6.58 Å². The molecule has 4 heterocycles. The first-order valence-corrected chi connectivity index (χ1v) is 67.2. The van der Waals surface area contributed by atoms with Crippen LogP contribution in [-0.2, 0) is 61.7 Å². The van der Waals surface area contributed by atoms with Gasteiger partial charge in [-0.2, -0.15) is 0 Å². The average molecular weight is 1580 g/mol. The summed E-state index contributed by atoms with van der Waals surface area (Å²) in [6.45, 7) is 40.5. The van der Waals surface area contributed by atoms with Gasteiger partial charge >= 0.3 is 70.4 Å². The Bertz CT molecular complexity index is 3390. The third-order valence-electron chi connectivity index (χ3n) is 15.4. The van der Waals surface area contributed by atoms with Gasteiger partial charge in [0, 0.05) is 41.5 Å². The van der Waals surface area contributed by atoms with E-state index in [-0.39, 0.29) is 7.43 Å². The summed E-state index contributed by atoms with van der Waals surface area (Å²) in [6.07, 6.45) is 1.24. The molecule has 15 nitrogen and oxygen atoms in total. The molecule has 12 rings (SSSR count). The van der Waals surface area contributed by atoms with Crippen molar-refractivity contribution < 1.29 is 61.7 Å². The van der Waals surface area contributed by atoms with Gasteiger partial charge in [0.25, 0.3) is 0 Å². The average Bonchev–Trinajstić information content (AvgIpc) is 0.687. The molecule has 4 aliphatic rings. The number of hydrogen-bond donors (Lipinski definition) is 0. The zero-order chi connectivity index (χ0) is 70.6. The van der Waals surface area contributed by atoms with Gasteiger partial charge in [0.2, 0.25) is 0 Å². The van der Waals surface area contributed by atoms with E-state index in [0.717, 1.165) is 0 Å². The summed E-state index contributed by atoms with van der Waals surface area (Å²) < 4.78 is 124. The summed E-state index contributed by atoms with van der Waals surface area (Å²) >= 11 is 0. The zero-order valence-corrected chi connectivity index (χ0v) is 73.9. The lowest BCUT2D eigenvalue weighted by molar-refractivity contribution is 0.0484. The van der Waals surface area contributed by atoms with Crippen LogP contribution in [0, 0.1) is 0 Å². The molecule has 0 saturated carbocycles. The van der Waals surface area contributed by atoms with Gasteiger partial charge in [-0.05, 0) is 111 Å². The van der Waals surface area contributed by atoms with Crippen LogP contribution in [-0.4, -0.2) is 120 Å². The second kappa shape index (κ2) is 30.9. The van der Waals surface area contributed by atoms with Gasteiger partial charge in [0.1, 0.15) is 0 Å². The number of hydrogen-bond acceptors (Lipinski definition) is 15. The molecule has 4 saturated heterocycles. The van der Waals surface area contributed by atoms with Crippen LogP contribution in [0.5, 0.6) is 0 Å². The Labute approximate surface area is 605 Å². The Hall–Kier alpha value is -4.06. The highest BCUT2D eigenvalue weighted by molar-refractivity contribution is 7.11. The quantitative estimate of drug-likeness (QED) is 0.0630. The van der Waals surface area contributed by atoms with E-state index in [4.69, 9.17) is 61.7 Å². The van der Waals surface area contributed by atoms with Crippen LogP contribution in [0.3, 0.4) is 0 Å². The third-order valence-corrected chi connectivity index (χ3v) is 66.3. The summed E-state index contributed by atoms with van der Waals surface area (Å²) in [5.41, 5.74) is 2.03. The van der Waals surface area contributed by atoms with Gasteiger partial charge in [0.15, 0.2) is 49.9 Å². The minimum absolute atomic E-state index is 0. The standard InChI is InChI=1S/C60H76O14Si12.C9H22OSi2.CH4/c1-75(2,3)61-79(53-37-21-13-22-38-53)65-83(57-45-29-17-30-46-57)67-80(62-76(4,5)6,54-39-23-14-24-40-54)68-84(66-79,58-47-31-18-32-48-58)74-86(60-51-35-20-36-52-60)70-81(63-77(7,8)9,55-41-25-15-26-42-55)69-85(73-83,59-49-33-19-34-50-59)71-82(72-86,64-78(10,11)12)56-43-27-16-28-44-56;1-7-9-12(5,6)10-11(3,4)8-2;/h13-52H,1-12H3;8H,2,7,9H2,1,3-6H3;1H4. The highest BCUT2D eigenvalue weighted by Gasteiger charge is 2.81. The molecule has 99 heavy (non-hydrogen) atoms. The smallest absolute Gasteiger partial charge is 0.453 e. The molecule has 0 N–H and O–H groups in total. The van der Waals surface area contributed by atoms with Crippen molar-refractivity contribution >= 4 is 162 Å². The largest absolute Gasteiger partial charge is 0.515 e. The first-order valence-electron chi connectivity index (χ1n) is 33.7. The molecule has 528 valence electrons. The van der Waals surface area contributed by atoms with Crippen LogP contribution in [0.15, 0.2) is 255 Å². The second-order valence-electron chi connectivity index (χ2n) is 29.7. The molecule has 0 atom stereocenters. The predicted molar refractivity (Wildman–Crippen MR) is 431 cm³/mol. The Balaban J connectivity index is 0.000000804. The highest BCUT2D eigenvalue weighted by Crippen LogP contribution is 2.45. The van der Waals surface area contributed by atoms with Crippen LogP contribution in [0.2, 0.25) is 111 Å². The zero-order valence-electron chi connectivity index (χ0n) is 59.9. The molecular formula is C70H102O15Si14. The van der Waals surface area contributed by atoms with E-state index in [1.807, 2.05) is 248 Å². The molecule has 0 spiro atoms. The Morgan fingerprint density at radius 3 is 0.606 bits per heavy atom. The topological polar surface area (TPSA) is 138 Å². The van der Waals surface area contributed by atoms with Gasteiger partial charge in [-0.3, -0.25) is 0 Å². The van der Waals surface area contributed by atoms with Crippen molar-refractivity contribution in [3.63, 3.8) is 0 Å². The van der Waals surface area contributed by atoms with E-state index in [1.54, 1.807) is 0 Å². The molecule has 4 aliphatic heterocycles. The monoisotopic (exact) mass is 1570 g/mol. The molecule has 0 aromatic heterocycles. The molecule has 0 unspecified atom stereocenters. The molecule has 0 aliphatic carbocycles. The van der Waals surface area contributed by atoms with Gasteiger partial charge in [-0.1, -0.05) is 269 Å². The van der Waals surface area contributed by atoms with E-state index in [9.17, 15) is 0 Å². The molecule has 4 bridgehead atoms. The molecule has 8 aromatic carbocycles. The molecule has 4 fully saturated rings. The maximum absolute atomic E-state index is 8.78. The fourth-order valence-electron chi connectivity index (χ4n) is 11.8. The van der Waals surface area contributed by atoms with Crippen molar-refractivity contribution in [1.82, 2.24) is 0 Å². The molecule has 0 amide bonds. The lowest BCUT2D eigenvalue weighted by Gasteiger charge is -2.58. The SMILES string of the molecule is C.C=C[Si](C)(C)O[Si](C)(C)CCC.C[Si](C)(C)O[Si]1(c2ccccc2)O[Si]2(c3ccccc3)O[Si](O[Si](C)(C)C)(c3ccccc3)O[Si](c3ccccc3)(O1)O[Si]1(c3ccccc3)O[Si](O[Si](C)(C)C)(c3ccccc3)O[Si](c3ccccc3)(O[Si](O[Si](C)(C)C)(c3ccccc3)O1)O2. The Morgan fingerprint density at radius 1 is 0.283 bits per heavy atom. The molecule has 8 aromatic rings. The van der Waals surface area contributed by atoms with Crippen molar-refractivity contribution in [3.05, 3.63) is 255 Å². The Morgan fingerprint density at radius 2 is 0.455 bits per heavy atom. The minimum atomic E-state index is -5.23. The van der Waals surface area contributed by atoms with E-state index in [0.29, 0.717) is 41.5 Å². The maximum atomic E-state index is 8.78. The lowest BCUT2D eigenvalue weighted by atomic mass is 10.4. The lowest BCUT2D eigenvalue weighted by Crippen LogP contribution is -2.91. The fraction of sp³-hybridized carbons (Fsp3) is 0.286. The maximum Gasteiger partial charge on any atom is 0.515 e. The molecule has 0 radical (unpaired) electrons. The first kappa shape index (κ1) is 79.1. The van der Waals surface area contributed by atoms with Crippen molar-refractivity contribution in [2.75, 3.05) is 0 Å². The second-order valence-corrected chi connectivity index (χ2v) is 80.0. The summed E-state index contributed by atoms with van der Waals surface area (Å²) in [6, 6.07) is 79.7. The van der Waals surface area contributed by atoms with E-state index < -0.39 is 120 Å². The van der Waals surface area contributed by atoms with Crippen LogP contribution < -0.4 is 41.5 Å².